The van der Waals surface area contributed by atoms with Crippen LogP contribution in [0.4, 0.5) is 5.00 Å². The Morgan fingerprint density at radius 3 is 2.70 bits per heavy atom. The molecule has 3 rings (SSSR count). The van der Waals surface area contributed by atoms with E-state index in [1.807, 2.05) is 30.5 Å². The van der Waals surface area contributed by atoms with Gasteiger partial charge in [-0.15, -0.1) is 35.3 Å². The number of nitrogens with one attached hydrogen (secondary N) is 1. The highest BCUT2D eigenvalue weighted by molar-refractivity contribution is 14.0. The fraction of sp³-hybridized carbons (Fsp3) is 0.438. The van der Waals surface area contributed by atoms with Gasteiger partial charge in [-0.25, -0.2) is 0 Å². The molecule has 0 aliphatic carbocycles. The third-order valence-electron chi connectivity index (χ3n) is 3.84. The molecular weight excluding hydrogens is 423 g/mol. The number of rotatable bonds is 4. The van der Waals surface area contributed by atoms with Gasteiger partial charge < -0.3 is 19.5 Å². The molecule has 1 fully saturated rings. The second kappa shape index (κ2) is 9.17. The zero-order valence-corrected chi connectivity index (χ0v) is 16.4. The SMILES string of the molecule is CN=C(NCCc1ccco1)N1CCN(c2cccs2)CC1.I. The summed E-state index contributed by atoms with van der Waals surface area (Å²) in [5.41, 5.74) is 0. The maximum atomic E-state index is 5.35. The van der Waals surface area contributed by atoms with Crippen molar-refractivity contribution >= 4 is 46.3 Å². The van der Waals surface area contributed by atoms with Crippen LogP contribution in [0, 0.1) is 0 Å². The van der Waals surface area contributed by atoms with Crippen molar-refractivity contribution in [2.45, 2.75) is 6.42 Å². The smallest absolute Gasteiger partial charge is 0.193 e. The lowest BCUT2D eigenvalue weighted by atomic mass is 10.3. The first-order valence-corrected chi connectivity index (χ1v) is 8.51. The second-order valence-electron chi connectivity index (χ2n) is 5.23. The van der Waals surface area contributed by atoms with Crippen LogP contribution in [0.2, 0.25) is 0 Å². The van der Waals surface area contributed by atoms with E-state index in [1.165, 1.54) is 5.00 Å². The van der Waals surface area contributed by atoms with Crippen molar-refractivity contribution in [3.05, 3.63) is 41.7 Å². The first-order valence-electron chi connectivity index (χ1n) is 7.63. The molecule has 0 saturated carbocycles. The topological polar surface area (TPSA) is 44.0 Å². The molecule has 126 valence electrons. The Kier molecular flexibility index (Phi) is 7.22. The zero-order valence-electron chi connectivity index (χ0n) is 13.3. The minimum atomic E-state index is 0. The number of hydrogen-bond acceptors (Lipinski definition) is 4. The van der Waals surface area contributed by atoms with E-state index in [1.54, 1.807) is 6.26 Å². The van der Waals surface area contributed by atoms with Crippen LogP contribution in [-0.2, 0) is 6.42 Å². The van der Waals surface area contributed by atoms with E-state index in [0.717, 1.165) is 50.9 Å². The molecule has 0 unspecified atom stereocenters. The summed E-state index contributed by atoms with van der Waals surface area (Å²) in [7, 11) is 1.85. The van der Waals surface area contributed by atoms with E-state index in [9.17, 15) is 0 Å². The zero-order chi connectivity index (χ0) is 15.2. The molecule has 2 aromatic rings. The van der Waals surface area contributed by atoms with Gasteiger partial charge in [0.1, 0.15) is 5.76 Å². The average Bonchev–Trinajstić information content (AvgIpc) is 3.25. The molecule has 0 radical (unpaired) electrons. The Morgan fingerprint density at radius 2 is 2.09 bits per heavy atom. The lowest BCUT2D eigenvalue weighted by Gasteiger charge is -2.37. The summed E-state index contributed by atoms with van der Waals surface area (Å²) in [5, 5.41) is 6.92. The van der Waals surface area contributed by atoms with Crippen molar-refractivity contribution in [1.82, 2.24) is 10.2 Å². The number of hydrogen-bond donors (Lipinski definition) is 1. The van der Waals surface area contributed by atoms with E-state index in [2.05, 4.69) is 37.6 Å². The molecule has 3 heterocycles. The number of anilines is 1. The van der Waals surface area contributed by atoms with Gasteiger partial charge in [-0.1, -0.05) is 0 Å². The molecule has 23 heavy (non-hydrogen) atoms. The summed E-state index contributed by atoms with van der Waals surface area (Å²) in [6.45, 7) is 4.92. The van der Waals surface area contributed by atoms with Crippen molar-refractivity contribution in [1.29, 1.82) is 0 Å². The molecular formula is C16H23IN4OS. The van der Waals surface area contributed by atoms with Gasteiger partial charge in [0.15, 0.2) is 5.96 Å². The molecule has 0 spiro atoms. The number of furan rings is 1. The molecule has 5 nitrogen and oxygen atoms in total. The molecule has 7 heteroatoms. The largest absolute Gasteiger partial charge is 0.469 e. The quantitative estimate of drug-likeness (QED) is 0.446. The van der Waals surface area contributed by atoms with Crippen molar-refractivity contribution < 1.29 is 4.42 Å². The van der Waals surface area contributed by atoms with Crippen LogP contribution in [0.3, 0.4) is 0 Å². The number of halogens is 1. The van der Waals surface area contributed by atoms with E-state index in [4.69, 9.17) is 4.42 Å². The molecule has 0 amide bonds. The van der Waals surface area contributed by atoms with Gasteiger partial charge in [-0.2, -0.15) is 0 Å². The van der Waals surface area contributed by atoms with Gasteiger partial charge in [-0.3, -0.25) is 4.99 Å². The standard InChI is InChI=1S/C16H22N4OS.HI/c1-17-16(18-7-6-14-4-2-12-21-14)20-10-8-19(9-11-20)15-5-3-13-22-15;/h2-5,12-13H,6-11H2,1H3,(H,17,18);1H. The van der Waals surface area contributed by atoms with Crippen molar-refractivity contribution in [3.63, 3.8) is 0 Å². The van der Waals surface area contributed by atoms with Crippen LogP contribution < -0.4 is 10.2 Å². The molecule has 1 N–H and O–H groups in total. The monoisotopic (exact) mass is 446 g/mol. The summed E-state index contributed by atoms with van der Waals surface area (Å²) < 4.78 is 5.35. The second-order valence-corrected chi connectivity index (χ2v) is 6.15. The van der Waals surface area contributed by atoms with Gasteiger partial charge in [0.25, 0.3) is 0 Å². The van der Waals surface area contributed by atoms with Crippen LogP contribution in [0.25, 0.3) is 0 Å². The number of thiophene rings is 1. The Bertz CT molecular complexity index is 577. The predicted octanol–water partition coefficient (Wildman–Crippen LogP) is 2.90. The molecule has 2 aromatic heterocycles. The maximum absolute atomic E-state index is 5.35. The number of nitrogens with zero attached hydrogens (tertiary/aromatic N) is 3. The third kappa shape index (κ3) is 4.87. The minimum absolute atomic E-state index is 0. The highest BCUT2D eigenvalue weighted by Crippen LogP contribution is 2.22. The summed E-state index contributed by atoms with van der Waals surface area (Å²) in [5.74, 6) is 1.99. The van der Waals surface area contributed by atoms with Gasteiger partial charge in [-0.05, 0) is 29.6 Å². The number of guanidine groups is 1. The fourth-order valence-electron chi connectivity index (χ4n) is 2.67. The fourth-order valence-corrected chi connectivity index (χ4v) is 3.46. The molecule has 1 aliphatic rings. The van der Waals surface area contributed by atoms with Crippen molar-refractivity contribution in [3.8, 4) is 0 Å². The molecule has 0 aromatic carbocycles. The summed E-state index contributed by atoms with van der Waals surface area (Å²) >= 11 is 1.81. The Balaban J connectivity index is 0.00000192. The molecule has 1 aliphatic heterocycles. The number of piperazine rings is 1. The van der Waals surface area contributed by atoms with Crippen LogP contribution in [-0.4, -0.2) is 50.6 Å². The third-order valence-corrected chi connectivity index (χ3v) is 4.77. The first-order chi connectivity index (χ1) is 10.9. The lowest BCUT2D eigenvalue weighted by molar-refractivity contribution is 0.373. The summed E-state index contributed by atoms with van der Waals surface area (Å²) in [4.78, 5) is 9.17. The number of aliphatic imine (C=N–C) groups is 1. The normalized spacial score (nSPS) is 15.4. The Hall–Kier alpha value is -1.22. The van der Waals surface area contributed by atoms with Gasteiger partial charge >= 0.3 is 0 Å². The first kappa shape index (κ1) is 18.1. The van der Waals surface area contributed by atoms with Gasteiger partial charge in [0.2, 0.25) is 0 Å². The van der Waals surface area contributed by atoms with Gasteiger partial charge in [0.05, 0.1) is 11.3 Å². The van der Waals surface area contributed by atoms with E-state index >= 15 is 0 Å². The summed E-state index contributed by atoms with van der Waals surface area (Å²) in [6, 6.07) is 8.23. The molecule has 0 bridgehead atoms. The van der Waals surface area contributed by atoms with Crippen LogP contribution in [0.15, 0.2) is 45.3 Å². The highest BCUT2D eigenvalue weighted by atomic mass is 127. The Labute approximate surface area is 158 Å². The lowest BCUT2D eigenvalue weighted by Crippen LogP contribution is -2.52. The van der Waals surface area contributed by atoms with Crippen molar-refractivity contribution in [2.24, 2.45) is 4.99 Å². The minimum Gasteiger partial charge on any atom is -0.469 e. The van der Waals surface area contributed by atoms with Gasteiger partial charge in [0, 0.05) is 46.2 Å². The van der Waals surface area contributed by atoms with E-state index in [-0.39, 0.29) is 24.0 Å². The predicted molar refractivity (Wildman–Crippen MR) is 107 cm³/mol. The molecule has 1 saturated heterocycles. The average molecular weight is 446 g/mol. The Morgan fingerprint density at radius 1 is 1.26 bits per heavy atom. The van der Waals surface area contributed by atoms with Crippen LogP contribution in [0.5, 0.6) is 0 Å². The van der Waals surface area contributed by atoms with E-state index in [0.29, 0.717) is 0 Å². The van der Waals surface area contributed by atoms with Crippen LogP contribution >= 0.6 is 35.3 Å². The summed E-state index contributed by atoms with van der Waals surface area (Å²) in [6.07, 6.45) is 2.59. The van der Waals surface area contributed by atoms with Crippen molar-refractivity contribution in [2.75, 3.05) is 44.7 Å². The van der Waals surface area contributed by atoms with Crippen LogP contribution in [0.1, 0.15) is 5.76 Å². The highest BCUT2D eigenvalue weighted by Gasteiger charge is 2.20. The maximum Gasteiger partial charge on any atom is 0.193 e. The van der Waals surface area contributed by atoms with E-state index < -0.39 is 0 Å². The molecule has 0 atom stereocenters.